The predicted molar refractivity (Wildman–Crippen MR) is 110 cm³/mol. The molecule has 4 fully saturated rings. The number of methoxy groups -OCH3 is 1. The van der Waals surface area contributed by atoms with Gasteiger partial charge in [-0.15, -0.1) is 0 Å². The summed E-state index contributed by atoms with van der Waals surface area (Å²) in [5, 5.41) is 3.32. The first-order valence-electron chi connectivity index (χ1n) is 11.5. The number of rotatable bonds is 5. The number of nitrogens with one attached hydrogen (secondary N) is 1. The number of carbonyl (C=O) groups is 1. The number of hydrogen-bond acceptors (Lipinski definition) is 4. The fourth-order valence-electron chi connectivity index (χ4n) is 6.22. The highest BCUT2D eigenvalue weighted by Crippen LogP contribution is 2.52. The average Bonchev–Trinajstić information content (AvgIpc) is 3.63. The van der Waals surface area contributed by atoms with E-state index < -0.39 is 0 Å². The molecule has 2 unspecified atom stereocenters. The standard InChI is InChI=1S/C24H32N2O3/c1-28-19-7-6-17-10-21-22-24(20(17)11-19,8-9-26(21)13-15-2-3-15)12-18(14-29-22)25-23(27)16-4-5-16/h6-7,11,15-16,18,21-22H,2-5,8-10,12-14H2,1H3,(H,25,27)/t18?,21-,22?,24-/m0/s1. The van der Waals surface area contributed by atoms with E-state index in [4.69, 9.17) is 9.47 Å². The van der Waals surface area contributed by atoms with Crippen molar-refractivity contribution in [3.8, 4) is 5.75 Å². The van der Waals surface area contributed by atoms with E-state index in [1.807, 2.05) is 0 Å². The van der Waals surface area contributed by atoms with E-state index in [0.29, 0.717) is 12.6 Å². The Kier molecular flexibility index (Phi) is 4.21. The first-order valence-corrected chi connectivity index (χ1v) is 11.5. The molecule has 2 aliphatic heterocycles. The van der Waals surface area contributed by atoms with Gasteiger partial charge in [0.2, 0.25) is 5.91 Å². The van der Waals surface area contributed by atoms with Gasteiger partial charge in [0.1, 0.15) is 5.75 Å². The smallest absolute Gasteiger partial charge is 0.223 e. The molecule has 0 radical (unpaired) electrons. The second-order valence-electron chi connectivity index (χ2n) is 10.1. The minimum absolute atomic E-state index is 0.00735. The number of ether oxygens (including phenoxy) is 2. The molecule has 29 heavy (non-hydrogen) atoms. The second-order valence-corrected chi connectivity index (χ2v) is 10.1. The Bertz CT molecular complexity index is 818. The first-order chi connectivity index (χ1) is 14.2. The molecule has 1 aromatic rings. The summed E-state index contributed by atoms with van der Waals surface area (Å²) in [6.45, 7) is 3.02. The van der Waals surface area contributed by atoms with E-state index in [9.17, 15) is 4.79 Å². The van der Waals surface area contributed by atoms with Gasteiger partial charge in [-0.2, -0.15) is 0 Å². The van der Waals surface area contributed by atoms with Crippen LogP contribution in [-0.4, -0.2) is 55.8 Å². The number of piperidine rings is 1. The molecule has 2 saturated heterocycles. The summed E-state index contributed by atoms with van der Waals surface area (Å²) >= 11 is 0. The lowest BCUT2D eigenvalue weighted by Gasteiger charge is -2.59. The monoisotopic (exact) mass is 396 g/mol. The van der Waals surface area contributed by atoms with Gasteiger partial charge in [0, 0.05) is 23.9 Å². The van der Waals surface area contributed by atoms with Crippen LogP contribution in [0.25, 0.3) is 0 Å². The van der Waals surface area contributed by atoms with Crippen LogP contribution in [0.4, 0.5) is 0 Å². The molecule has 1 N–H and O–H groups in total. The van der Waals surface area contributed by atoms with Crippen molar-refractivity contribution in [1.29, 1.82) is 0 Å². The highest BCUT2D eigenvalue weighted by atomic mass is 16.5. The van der Waals surface area contributed by atoms with Crippen molar-refractivity contribution >= 4 is 5.91 Å². The maximum Gasteiger partial charge on any atom is 0.223 e. The van der Waals surface area contributed by atoms with Crippen LogP contribution in [0.2, 0.25) is 0 Å². The summed E-state index contributed by atoms with van der Waals surface area (Å²) in [6, 6.07) is 7.21. The topological polar surface area (TPSA) is 50.8 Å². The van der Waals surface area contributed by atoms with Gasteiger partial charge in [0.25, 0.3) is 0 Å². The predicted octanol–water partition coefficient (Wildman–Crippen LogP) is 2.66. The van der Waals surface area contributed by atoms with Gasteiger partial charge in [-0.05, 0) is 80.7 Å². The largest absolute Gasteiger partial charge is 0.497 e. The fourth-order valence-corrected chi connectivity index (χ4v) is 6.22. The van der Waals surface area contributed by atoms with Crippen LogP contribution >= 0.6 is 0 Å². The van der Waals surface area contributed by atoms with Crippen LogP contribution in [0.5, 0.6) is 5.75 Å². The third-order valence-corrected chi connectivity index (χ3v) is 8.06. The lowest BCUT2D eigenvalue weighted by atomic mass is 9.58. The second kappa shape index (κ2) is 6.71. The van der Waals surface area contributed by atoms with Gasteiger partial charge < -0.3 is 14.8 Å². The van der Waals surface area contributed by atoms with Crippen molar-refractivity contribution in [2.24, 2.45) is 11.8 Å². The van der Waals surface area contributed by atoms with Crippen molar-refractivity contribution in [2.75, 3.05) is 26.8 Å². The SMILES string of the molecule is COc1ccc2c(c1)[C@@]13CCN(CC4CC4)[C@@H](C2)C1OCC(NC(=O)C1CC1)C3. The van der Waals surface area contributed by atoms with Crippen LogP contribution in [0, 0.1) is 11.8 Å². The van der Waals surface area contributed by atoms with Crippen molar-refractivity contribution in [3.63, 3.8) is 0 Å². The number of hydrogen-bond donors (Lipinski definition) is 1. The highest BCUT2D eigenvalue weighted by molar-refractivity contribution is 5.81. The molecule has 6 rings (SSSR count). The van der Waals surface area contributed by atoms with Crippen molar-refractivity contribution in [1.82, 2.24) is 10.2 Å². The molecular formula is C24H32N2O3. The van der Waals surface area contributed by atoms with Gasteiger partial charge in [-0.3, -0.25) is 9.69 Å². The number of amides is 1. The normalized spacial score (nSPS) is 36.1. The molecule has 5 heteroatoms. The summed E-state index contributed by atoms with van der Waals surface area (Å²) in [5.41, 5.74) is 2.85. The molecule has 0 aromatic heterocycles. The number of carbonyl (C=O) groups excluding carboxylic acids is 1. The minimum atomic E-state index is -0.00735. The highest BCUT2D eigenvalue weighted by Gasteiger charge is 2.57. The Morgan fingerprint density at radius 1 is 1.31 bits per heavy atom. The van der Waals surface area contributed by atoms with Gasteiger partial charge in [-0.1, -0.05) is 6.07 Å². The van der Waals surface area contributed by atoms with Crippen molar-refractivity contribution in [3.05, 3.63) is 29.3 Å². The van der Waals surface area contributed by atoms with E-state index in [1.54, 1.807) is 7.11 Å². The van der Waals surface area contributed by atoms with Crippen LogP contribution in [0.15, 0.2) is 18.2 Å². The molecule has 3 aliphatic carbocycles. The summed E-state index contributed by atoms with van der Waals surface area (Å²) in [5.74, 6) is 2.31. The summed E-state index contributed by atoms with van der Waals surface area (Å²) < 4.78 is 12.2. The molecule has 5 nitrogen and oxygen atoms in total. The van der Waals surface area contributed by atoms with E-state index in [0.717, 1.165) is 50.3 Å². The number of benzene rings is 1. The van der Waals surface area contributed by atoms with Crippen LogP contribution < -0.4 is 10.1 Å². The first kappa shape index (κ1) is 18.2. The lowest BCUT2D eigenvalue weighted by Crippen LogP contribution is -2.68. The Morgan fingerprint density at radius 3 is 2.93 bits per heavy atom. The van der Waals surface area contributed by atoms with E-state index in [2.05, 4.69) is 28.4 Å². The Hall–Kier alpha value is -1.59. The molecule has 1 amide bonds. The maximum atomic E-state index is 12.4. The zero-order valence-corrected chi connectivity index (χ0v) is 17.4. The molecule has 156 valence electrons. The number of likely N-dealkylation sites (tertiary alicyclic amines) is 1. The lowest BCUT2D eigenvalue weighted by molar-refractivity contribution is -0.144. The number of fused-ring (bicyclic) bond motifs is 1. The maximum absolute atomic E-state index is 12.4. The van der Waals surface area contributed by atoms with Gasteiger partial charge >= 0.3 is 0 Å². The minimum Gasteiger partial charge on any atom is -0.497 e. The van der Waals surface area contributed by atoms with E-state index >= 15 is 0 Å². The molecule has 0 spiro atoms. The van der Waals surface area contributed by atoms with Crippen LogP contribution in [-0.2, 0) is 21.4 Å². The molecule has 1 aromatic carbocycles. The molecule has 2 saturated carbocycles. The van der Waals surface area contributed by atoms with E-state index in [1.165, 1.54) is 30.5 Å². The zero-order valence-electron chi connectivity index (χ0n) is 17.4. The summed E-state index contributed by atoms with van der Waals surface area (Å²) in [4.78, 5) is 15.2. The Morgan fingerprint density at radius 2 is 2.17 bits per heavy atom. The van der Waals surface area contributed by atoms with Gasteiger partial charge in [0.05, 0.1) is 25.9 Å². The average molecular weight is 397 g/mol. The molecule has 5 aliphatic rings. The molecule has 4 atom stereocenters. The third kappa shape index (κ3) is 3.09. The third-order valence-electron chi connectivity index (χ3n) is 8.06. The zero-order chi connectivity index (χ0) is 19.6. The molecule has 2 bridgehead atoms. The number of nitrogens with zero attached hydrogens (tertiary/aromatic N) is 1. The van der Waals surface area contributed by atoms with Crippen LogP contribution in [0.3, 0.4) is 0 Å². The Labute approximate surface area is 173 Å². The van der Waals surface area contributed by atoms with E-state index in [-0.39, 0.29) is 29.4 Å². The summed E-state index contributed by atoms with van der Waals surface area (Å²) in [7, 11) is 1.75. The molecular weight excluding hydrogens is 364 g/mol. The van der Waals surface area contributed by atoms with Crippen molar-refractivity contribution < 1.29 is 14.3 Å². The van der Waals surface area contributed by atoms with Gasteiger partial charge in [-0.25, -0.2) is 0 Å². The van der Waals surface area contributed by atoms with Crippen LogP contribution in [0.1, 0.15) is 49.7 Å². The summed E-state index contributed by atoms with van der Waals surface area (Å²) in [6.07, 6.45) is 8.27. The Balaban J connectivity index is 1.34. The quantitative estimate of drug-likeness (QED) is 0.831. The molecule has 2 heterocycles. The fraction of sp³-hybridized carbons (Fsp3) is 0.708. The van der Waals surface area contributed by atoms with Gasteiger partial charge in [0.15, 0.2) is 0 Å². The van der Waals surface area contributed by atoms with Crippen molar-refractivity contribution in [2.45, 2.75) is 68.5 Å².